The van der Waals surface area contributed by atoms with E-state index in [1.165, 1.54) is 61.6 Å². The molecule has 4 aliphatic carbocycles. The van der Waals surface area contributed by atoms with Gasteiger partial charge in [0.05, 0.1) is 17.9 Å². The molecule has 7 nitrogen and oxygen atoms in total. The van der Waals surface area contributed by atoms with Crippen LogP contribution in [0.5, 0.6) is 0 Å². The van der Waals surface area contributed by atoms with Gasteiger partial charge in [0.15, 0.2) is 5.16 Å². The third-order valence-electron chi connectivity index (χ3n) is 8.02. The minimum absolute atomic E-state index is 0.154. The number of hydrogen-bond acceptors (Lipinski definition) is 7. The summed E-state index contributed by atoms with van der Waals surface area (Å²) in [5.74, 6) is 3.50. The summed E-state index contributed by atoms with van der Waals surface area (Å²) in [7, 11) is 0. The molecular weight excluding hydrogens is 480 g/mol. The molecule has 0 radical (unpaired) electrons. The van der Waals surface area contributed by atoms with Crippen LogP contribution < -0.4 is 5.32 Å². The molecule has 2 aromatic rings. The van der Waals surface area contributed by atoms with E-state index in [-0.39, 0.29) is 11.7 Å². The largest absolute Gasteiger partial charge is 0.462 e. The van der Waals surface area contributed by atoms with E-state index in [1.807, 2.05) is 13.0 Å². The van der Waals surface area contributed by atoms with Gasteiger partial charge >= 0.3 is 5.97 Å². The number of amides is 1. The van der Waals surface area contributed by atoms with Gasteiger partial charge in [-0.25, -0.2) is 4.79 Å². The summed E-state index contributed by atoms with van der Waals surface area (Å²) in [4.78, 5) is 26.1. The van der Waals surface area contributed by atoms with Crippen molar-refractivity contribution in [1.82, 2.24) is 14.8 Å². The summed E-state index contributed by atoms with van der Waals surface area (Å²) in [5, 5.41) is 13.4. The molecule has 0 atom stereocenters. The van der Waals surface area contributed by atoms with E-state index in [9.17, 15) is 9.59 Å². The maximum absolute atomic E-state index is 12.8. The first-order chi connectivity index (χ1) is 16.9. The molecule has 4 saturated carbocycles. The number of nitrogens with one attached hydrogen (secondary N) is 1. The summed E-state index contributed by atoms with van der Waals surface area (Å²) in [6.45, 7) is 7.04. The summed E-state index contributed by atoms with van der Waals surface area (Å²) >= 11 is 2.85. The number of carbonyl (C=O) groups excluding carboxylic acids is 2. The van der Waals surface area contributed by atoms with Crippen molar-refractivity contribution in [2.24, 2.45) is 23.2 Å². The molecule has 4 aliphatic rings. The van der Waals surface area contributed by atoms with Gasteiger partial charge in [-0.05, 0) is 88.0 Å². The van der Waals surface area contributed by atoms with Gasteiger partial charge in [0.2, 0.25) is 5.91 Å². The highest BCUT2D eigenvalue weighted by Crippen LogP contribution is 2.61. The van der Waals surface area contributed by atoms with Crippen molar-refractivity contribution in [2.75, 3.05) is 17.7 Å². The molecule has 0 saturated heterocycles. The Bertz CT molecular complexity index is 1060. The van der Waals surface area contributed by atoms with Crippen LogP contribution in [0.2, 0.25) is 0 Å². The first-order valence-electron chi connectivity index (χ1n) is 13.1. The standard InChI is InChI=1S/C26H36N4O3S2/c1-4-19-10-20(24(32)33-6-3)23(35-19)27-22(31)15-34-25-29-28-21(30(25)5-2)14-26-11-16-7-17(12-26)9-18(8-16)13-26/h10,16-18H,4-9,11-15H2,1-3H3,(H,27,31). The summed E-state index contributed by atoms with van der Waals surface area (Å²) in [6, 6.07) is 1.82. The van der Waals surface area contributed by atoms with Gasteiger partial charge in [0.1, 0.15) is 10.8 Å². The monoisotopic (exact) mass is 516 g/mol. The molecule has 190 valence electrons. The summed E-state index contributed by atoms with van der Waals surface area (Å²) in [6.07, 6.45) is 10.2. The molecule has 4 bridgehead atoms. The predicted octanol–water partition coefficient (Wildman–Crippen LogP) is 5.59. The van der Waals surface area contributed by atoms with Gasteiger partial charge in [-0.3, -0.25) is 4.79 Å². The van der Waals surface area contributed by atoms with Crippen molar-refractivity contribution >= 4 is 40.0 Å². The average molecular weight is 517 g/mol. The molecule has 2 aromatic heterocycles. The van der Waals surface area contributed by atoms with Crippen molar-refractivity contribution in [3.05, 3.63) is 22.3 Å². The van der Waals surface area contributed by atoms with E-state index in [4.69, 9.17) is 4.74 Å². The quantitative estimate of drug-likeness (QED) is 0.327. The first-order valence-corrected chi connectivity index (χ1v) is 14.9. The molecule has 0 unspecified atom stereocenters. The summed E-state index contributed by atoms with van der Waals surface area (Å²) in [5.41, 5.74) is 0.842. The van der Waals surface area contributed by atoms with E-state index in [2.05, 4.69) is 27.0 Å². The zero-order valence-electron chi connectivity index (χ0n) is 21.0. The lowest BCUT2D eigenvalue weighted by molar-refractivity contribution is -0.113. The molecule has 9 heteroatoms. The normalized spacial score (nSPS) is 26.8. The first kappa shape index (κ1) is 24.8. The van der Waals surface area contributed by atoms with Crippen molar-refractivity contribution in [3.63, 3.8) is 0 Å². The van der Waals surface area contributed by atoms with Crippen LogP contribution in [0.4, 0.5) is 5.00 Å². The fraction of sp³-hybridized carbons (Fsp3) is 0.692. The van der Waals surface area contributed by atoms with Gasteiger partial charge in [0, 0.05) is 17.8 Å². The third-order valence-corrected chi connectivity index (χ3v) is 10.2. The summed E-state index contributed by atoms with van der Waals surface area (Å²) < 4.78 is 7.36. The highest BCUT2D eigenvalue weighted by molar-refractivity contribution is 7.99. The number of thiophene rings is 1. The third kappa shape index (κ3) is 5.17. The van der Waals surface area contributed by atoms with E-state index < -0.39 is 5.97 Å². The molecule has 1 N–H and O–H groups in total. The van der Waals surface area contributed by atoms with Crippen LogP contribution in [0.1, 0.15) is 80.4 Å². The number of rotatable bonds is 10. The second kappa shape index (κ2) is 10.2. The van der Waals surface area contributed by atoms with Gasteiger partial charge in [-0.2, -0.15) is 0 Å². The minimum atomic E-state index is -0.397. The molecular formula is C26H36N4O3S2. The zero-order chi connectivity index (χ0) is 24.6. The molecule has 0 spiro atoms. The Balaban J connectivity index is 1.23. The maximum atomic E-state index is 12.8. The van der Waals surface area contributed by atoms with Crippen molar-refractivity contribution in [1.29, 1.82) is 0 Å². The Hall–Kier alpha value is -1.87. The Labute approximate surface area is 215 Å². The average Bonchev–Trinajstić information content (AvgIpc) is 3.39. The van der Waals surface area contributed by atoms with Gasteiger partial charge < -0.3 is 14.6 Å². The van der Waals surface area contributed by atoms with Crippen molar-refractivity contribution < 1.29 is 14.3 Å². The SMILES string of the molecule is CCOC(=O)c1cc(CC)sc1NC(=O)CSc1nnc(CC23CC4CC(CC(C4)C2)C3)n1CC. The smallest absolute Gasteiger partial charge is 0.341 e. The number of aromatic nitrogens is 3. The van der Waals surface area contributed by atoms with Crippen LogP contribution in [0, 0.1) is 23.2 Å². The van der Waals surface area contributed by atoms with Crippen LogP contribution in [-0.2, 0) is 28.9 Å². The van der Waals surface area contributed by atoms with E-state index >= 15 is 0 Å². The second-order valence-electron chi connectivity index (χ2n) is 10.6. The molecule has 0 aliphatic heterocycles. The molecule has 1 amide bonds. The van der Waals surface area contributed by atoms with Crippen molar-refractivity contribution in [3.8, 4) is 0 Å². The van der Waals surface area contributed by atoms with E-state index in [0.29, 0.717) is 22.6 Å². The van der Waals surface area contributed by atoms with Gasteiger partial charge in [0.25, 0.3) is 0 Å². The zero-order valence-corrected chi connectivity index (χ0v) is 22.6. The van der Waals surface area contributed by atoms with Crippen LogP contribution in [-0.4, -0.2) is 39.0 Å². The maximum Gasteiger partial charge on any atom is 0.341 e. The van der Waals surface area contributed by atoms with Crippen LogP contribution in [0.15, 0.2) is 11.2 Å². The number of aryl methyl sites for hydroxylation is 1. The number of anilines is 1. The number of ether oxygens (including phenoxy) is 1. The number of hydrogen-bond donors (Lipinski definition) is 1. The molecule has 4 fully saturated rings. The lowest BCUT2D eigenvalue weighted by atomic mass is 9.49. The van der Waals surface area contributed by atoms with Crippen LogP contribution in [0.3, 0.4) is 0 Å². The predicted molar refractivity (Wildman–Crippen MR) is 139 cm³/mol. The Morgan fingerprint density at radius 1 is 1.14 bits per heavy atom. The number of thioether (sulfide) groups is 1. The lowest BCUT2D eigenvalue weighted by Crippen LogP contribution is -2.47. The van der Waals surface area contributed by atoms with E-state index in [1.54, 1.807) is 6.92 Å². The molecule has 0 aromatic carbocycles. The lowest BCUT2D eigenvalue weighted by Gasteiger charge is -2.56. The van der Waals surface area contributed by atoms with Crippen molar-refractivity contribution in [2.45, 2.75) is 83.8 Å². The number of esters is 1. The topological polar surface area (TPSA) is 86.1 Å². The van der Waals surface area contributed by atoms with Gasteiger partial charge in [-0.15, -0.1) is 21.5 Å². The fourth-order valence-corrected chi connectivity index (χ4v) is 8.90. The van der Waals surface area contributed by atoms with Gasteiger partial charge in [-0.1, -0.05) is 18.7 Å². The van der Waals surface area contributed by atoms with Crippen LogP contribution >= 0.6 is 23.1 Å². The van der Waals surface area contributed by atoms with E-state index in [0.717, 1.165) is 53.0 Å². The highest BCUT2D eigenvalue weighted by atomic mass is 32.2. The second-order valence-corrected chi connectivity index (χ2v) is 12.7. The molecule has 2 heterocycles. The fourth-order valence-electron chi connectivity index (χ4n) is 7.08. The Morgan fingerprint density at radius 2 is 1.83 bits per heavy atom. The molecule has 35 heavy (non-hydrogen) atoms. The molecule has 6 rings (SSSR count). The van der Waals surface area contributed by atoms with Crippen LogP contribution in [0.25, 0.3) is 0 Å². The Morgan fingerprint density at radius 3 is 2.43 bits per heavy atom. The number of nitrogens with zero attached hydrogens (tertiary/aromatic N) is 3. The highest BCUT2D eigenvalue weighted by Gasteiger charge is 2.51. The Kier molecular flexibility index (Phi) is 7.26. The number of carbonyl (C=O) groups is 2. The minimum Gasteiger partial charge on any atom is -0.462 e.